The summed E-state index contributed by atoms with van der Waals surface area (Å²) in [7, 11) is -11.2. The van der Waals surface area contributed by atoms with E-state index in [-0.39, 0.29) is 11.5 Å². The van der Waals surface area contributed by atoms with Crippen molar-refractivity contribution in [3.63, 3.8) is 0 Å². The Bertz CT molecular complexity index is 1010. The highest BCUT2D eigenvalue weighted by Crippen LogP contribution is 2.39. The van der Waals surface area contributed by atoms with Crippen molar-refractivity contribution in [3.8, 4) is 0 Å². The molecule has 1 fully saturated rings. The summed E-state index contributed by atoms with van der Waals surface area (Å²) in [6, 6.07) is 8.45. The highest BCUT2D eigenvalue weighted by molar-refractivity contribution is 8.12. The Morgan fingerprint density at radius 2 is 1.58 bits per heavy atom. The molecule has 11 heteroatoms. The van der Waals surface area contributed by atoms with Gasteiger partial charge in [-0.2, -0.15) is 13.2 Å². The second kappa shape index (κ2) is 5.41. The zero-order valence-electron chi connectivity index (χ0n) is 11.7. The minimum absolute atomic E-state index is 0.0756. The van der Waals surface area contributed by atoms with Crippen LogP contribution in [0.25, 0.3) is 14.9 Å². The van der Waals surface area contributed by atoms with E-state index in [2.05, 4.69) is 4.13 Å². The number of epoxide rings is 1. The predicted molar refractivity (Wildman–Crippen MR) is 78.2 cm³/mol. The van der Waals surface area contributed by atoms with Crippen molar-refractivity contribution in [1.82, 2.24) is 0 Å². The van der Waals surface area contributed by atoms with Gasteiger partial charge in [0.2, 0.25) is 0 Å². The first-order valence-corrected chi connectivity index (χ1v) is 9.35. The Morgan fingerprint density at radius 3 is 2.17 bits per heavy atom. The third-order valence-electron chi connectivity index (χ3n) is 3.36. The highest BCUT2D eigenvalue weighted by atomic mass is 32.3. The SMILES string of the molecule is O=S(=O)([N-]S(=O)(=O)C(F)(F)F)c1cccc2c(C3CO3)cccc12. The maximum Gasteiger partial charge on any atom is 0.480 e. The number of rotatable bonds is 4. The molecule has 0 spiro atoms. The largest absolute Gasteiger partial charge is 0.480 e. The van der Waals surface area contributed by atoms with Crippen LogP contribution in [0, 0.1) is 0 Å². The summed E-state index contributed by atoms with van der Waals surface area (Å²) < 4.78 is 90.9. The lowest BCUT2D eigenvalue weighted by molar-refractivity contribution is -0.0425. The lowest BCUT2D eigenvalue weighted by atomic mass is 10.0. The Kier molecular flexibility index (Phi) is 3.86. The molecule has 6 nitrogen and oxygen atoms in total. The van der Waals surface area contributed by atoms with Gasteiger partial charge in [0.15, 0.2) is 10.0 Å². The quantitative estimate of drug-likeness (QED) is 0.760. The molecule has 0 radical (unpaired) electrons. The van der Waals surface area contributed by atoms with Gasteiger partial charge in [0.1, 0.15) is 16.1 Å². The number of hydrogen-bond acceptors (Lipinski definition) is 5. The van der Waals surface area contributed by atoms with E-state index in [0.29, 0.717) is 17.6 Å². The van der Waals surface area contributed by atoms with E-state index in [1.807, 2.05) is 0 Å². The van der Waals surface area contributed by atoms with Crippen molar-refractivity contribution < 1.29 is 34.7 Å². The lowest BCUT2D eigenvalue weighted by Crippen LogP contribution is -2.24. The van der Waals surface area contributed by atoms with Crippen LogP contribution in [-0.4, -0.2) is 29.0 Å². The summed E-state index contributed by atoms with van der Waals surface area (Å²) >= 11 is 0. The molecule has 1 aliphatic rings. The van der Waals surface area contributed by atoms with E-state index in [9.17, 15) is 30.0 Å². The van der Waals surface area contributed by atoms with Gasteiger partial charge in [-0.25, -0.2) is 16.8 Å². The molecule has 1 unspecified atom stereocenters. The molecule has 0 N–H and O–H groups in total. The van der Waals surface area contributed by atoms with Crippen LogP contribution in [0.3, 0.4) is 0 Å². The molecule has 2 aromatic carbocycles. The van der Waals surface area contributed by atoms with Gasteiger partial charge in [-0.3, -0.25) is 0 Å². The smallest absolute Gasteiger partial charge is 0.424 e. The molecule has 24 heavy (non-hydrogen) atoms. The number of fused-ring (bicyclic) bond motifs is 1. The fourth-order valence-corrected chi connectivity index (χ4v) is 4.65. The maximum atomic E-state index is 12.4. The summed E-state index contributed by atoms with van der Waals surface area (Å²) in [4.78, 5) is -0.615. The first-order valence-electron chi connectivity index (χ1n) is 6.47. The number of sulfonamides is 2. The van der Waals surface area contributed by atoms with E-state index < -0.39 is 30.5 Å². The number of hydrogen-bond donors (Lipinski definition) is 0. The van der Waals surface area contributed by atoms with Gasteiger partial charge in [0.25, 0.3) is 0 Å². The molecule has 3 rings (SSSR count). The van der Waals surface area contributed by atoms with Gasteiger partial charge in [0.05, 0.1) is 11.5 Å². The first-order chi connectivity index (χ1) is 11.0. The minimum atomic E-state index is -6.17. The average Bonchev–Trinajstić information content (AvgIpc) is 3.28. The highest BCUT2D eigenvalue weighted by Gasteiger charge is 2.40. The van der Waals surface area contributed by atoms with Crippen LogP contribution in [-0.2, 0) is 24.8 Å². The van der Waals surface area contributed by atoms with E-state index in [0.717, 1.165) is 6.07 Å². The molecule has 0 aliphatic carbocycles. The monoisotopic (exact) mass is 380 g/mol. The third kappa shape index (κ3) is 2.99. The van der Waals surface area contributed by atoms with E-state index in [4.69, 9.17) is 4.74 Å². The summed E-state index contributed by atoms with van der Waals surface area (Å²) in [5, 5.41) is 0.521. The molecule has 0 saturated carbocycles. The van der Waals surface area contributed by atoms with Crippen molar-refractivity contribution in [3.05, 3.63) is 46.1 Å². The van der Waals surface area contributed by atoms with Crippen LogP contribution in [0.5, 0.6) is 0 Å². The van der Waals surface area contributed by atoms with Crippen LogP contribution in [0.4, 0.5) is 13.2 Å². The van der Waals surface area contributed by atoms with Crippen LogP contribution < -0.4 is 0 Å². The summed E-state index contributed by atoms with van der Waals surface area (Å²) in [5.41, 5.74) is -5.12. The van der Waals surface area contributed by atoms with Gasteiger partial charge < -0.3 is 8.86 Å². The van der Waals surface area contributed by atoms with Crippen LogP contribution >= 0.6 is 0 Å². The van der Waals surface area contributed by atoms with Gasteiger partial charge in [0, 0.05) is 0 Å². The summed E-state index contributed by atoms with van der Waals surface area (Å²) in [6.45, 7) is 0.447. The van der Waals surface area contributed by atoms with Crippen LogP contribution in [0.15, 0.2) is 41.3 Å². The molecule has 1 aliphatic heterocycles. The van der Waals surface area contributed by atoms with Gasteiger partial charge >= 0.3 is 5.51 Å². The lowest BCUT2D eigenvalue weighted by Gasteiger charge is -2.23. The molecule has 130 valence electrons. The number of halogens is 3. The molecular weight excluding hydrogens is 371 g/mol. The molecular formula is C13H9F3NO5S2-. The Labute approximate surface area is 135 Å². The van der Waals surface area contributed by atoms with Crippen molar-refractivity contribution in [2.24, 2.45) is 0 Å². The van der Waals surface area contributed by atoms with Crippen LogP contribution in [0.2, 0.25) is 0 Å². The molecule has 0 aromatic heterocycles. The fourth-order valence-electron chi connectivity index (χ4n) is 2.25. The van der Waals surface area contributed by atoms with Crippen molar-refractivity contribution in [1.29, 1.82) is 0 Å². The molecule has 0 bridgehead atoms. The second-order valence-corrected chi connectivity index (χ2v) is 8.39. The predicted octanol–water partition coefficient (Wildman–Crippen LogP) is 2.82. The third-order valence-corrected chi connectivity index (χ3v) is 6.43. The van der Waals surface area contributed by atoms with Gasteiger partial charge in [-0.1, -0.05) is 30.3 Å². The van der Waals surface area contributed by atoms with Crippen molar-refractivity contribution in [2.45, 2.75) is 16.5 Å². The summed E-state index contributed by atoms with van der Waals surface area (Å²) in [6.07, 6.45) is -0.220. The molecule has 2 aromatic rings. The van der Waals surface area contributed by atoms with Gasteiger partial charge in [-0.05, 0) is 22.4 Å². The Balaban J connectivity index is 2.14. The normalized spacial score (nSPS) is 18.7. The Morgan fingerprint density at radius 1 is 1.00 bits per heavy atom. The fraction of sp³-hybridized carbons (Fsp3) is 0.231. The van der Waals surface area contributed by atoms with Crippen molar-refractivity contribution in [2.75, 3.05) is 6.61 Å². The standard InChI is InChI=1S/C13H9F3NO5S2/c14-13(15,16)24(20,21)17-23(18,19)12-6-2-3-8-9(11-7-22-11)4-1-5-10(8)12/h1-6,11H,7H2/q-1. The van der Waals surface area contributed by atoms with Gasteiger partial charge in [-0.15, -0.1) is 0 Å². The zero-order valence-corrected chi connectivity index (χ0v) is 13.3. The average molecular weight is 380 g/mol. The maximum absolute atomic E-state index is 12.4. The molecule has 1 atom stereocenters. The number of nitrogens with zero attached hydrogens (tertiary/aromatic N) is 1. The van der Waals surface area contributed by atoms with Crippen molar-refractivity contribution >= 4 is 30.8 Å². The number of benzene rings is 2. The van der Waals surface area contributed by atoms with E-state index >= 15 is 0 Å². The van der Waals surface area contributed by atoms with E-state index in [1.165, 1.54) is 18.2 Å². The molecule has 0 amide bonds. The van der Waals surface area contributed by atoms with E-state index in [1.54, 1.807) is 12.1 Å². The second-order valence-electron chi connectivity index (χ2n) is 4.99. The first kappa shape index (κ1) is 17.1. The topological polar surface area (TPSA) is 94.9 Å². The number of ether oxygens (including phenoxy) is 1. The summed E-state index contributed by atoms with van der Waals surface area (Å²) in [5.74, 6) is 0. The molecule has 1 saturated heterocycles. The van der Waals surface area contributed by atoms with Crippen LogP contribution in [0.1, 0.15) is 11.7 Å². The Hall–Kier alpha value is -1.69. The number of alkyl halides is 3. The zero-order chi connectivity index (χ0) is 17.8. The minimum Gasteiger partial charge on any atom is -0.424 e. The molecule has 1 heterocycles.